The van der Waals surface area contributed by atoms with E-state index in [1.807, 2.05) is 0 Å². The molecule has 0 spiro atoms. The van der Waals surface area contributed by atoms with E-state index in [2.05, 4.69) is 25.7 Å². The fourth-order valence-electron chi connectivity index (χ4n) is 5.12. The number of hydrogen-bond donors (Lipinski definition) is 3. The van der Waals surface area contributed by atoms with Crippen molar-refractivity contribution < 1.29 is 42.9 Å². The Morgan fingerprint density at radius 2 is 1.60 bits per heavy atom. The lowest BCUT2D eigenvalue weighted by atomic mass is 10.0. The van der Waals surface area contributed by atoms with Gasteiger partial charge in [0.15, 0.2) is 0 Å². The van der Waals surface area contributed by atoms with Crippen molar-refractivity contribution in [1.29, 1.82) is 0 Å². The van der Waals surface area contributed by atoms with Crippen LogP contribution in [0.2, 0.25) is 0 Å². The minimum Gasteiger partial charge on any atom is -0.462 e. The van der Waals surface area contributed by atoms with Gasteiger partial charge in [-0.1, -0.05) is 0 Å². The standard InChI is InChI=1S/C37H49N7O9/c1-12-50-31(46)24-15-21(2)40-27(24)17-23-22-16-26(39-18-28(22)41-30(23)45)25-19-44(34(49)53-37(9,10)11)42-29(25)20-43(33(48)52-36(6,7)8)14-13-38-32(47)51-35(3,4)5/h15-19,40H,12-14,20H2,1-11H3,(H,38,47)(H,41,45)/b23-17-. The van der Waals surface area contributed by atoms with E-state index in [0.29, 0.717) is 33.9 Å². The Hall–Kier alpha value is -5.67. The molecule has 16 heteroatoms. The van der Waals surface area contributed by atoms with Crippen LogP contribution in [0, 0.1) is 6.92 Å². The smallest absolute Gasteiger partial charge is 0.435 e. The Kier molecular flexibility index (Phi) is 11.7. The van der Waals surface area contributed by atoms with Crippen LogP contribution in [0.5, 0.6) is 0 Å². The number of esters is 1. The molecule has 1 aliphatic heterocycles. The van der Waals surface area contributed by atoms with E-state index in [0.717, 1.165) is 4.68 Å². The summed E-state index contributed by atoms with van der Waals surface area (Å²) in [6.45, 7) is 19.1. The normalized spacial score (nSPS) is 13.6. The summed E-state index contributed by atoms with van der Waals surface area (Å²) in [5.74, 6) is -0.952. The molecule has 0 aromatic carbocycles. The van der Waals surface area contributed by atoms with Crippen molar-refractivity contribution >= 4 is 47.5 Å². The van der Waals surface area contributed by atoms with Crippen molar-refractivity contribution in [3.05, 3.63) is 52.7 Å². The highest BCUT2D eigenvalue weighted by atomic mass is 16.6. The van der Waals surface area contributed by atoms with E-state index in [4.69, 9.17) is 18.9 Å². The van der Waals surface area contributed by atoms with Gasteiger partial charge in [-0.05, 0) is 94.4 Å². The van der Waals surface area contributed by atoms with Crippen LogP contribution >= 0.6 is 0 Å². The zero-order valence-corrected chi connectivity index (χ0v) is 32.2. The number of nitrogens with one attached hydrogen (secondary N) is 3. The molecule has 3 amide bonds. The summed E-state index contributed by atoms with van der Waals surface area (Å²) in [4.78, 5) is 74.0. The van der Waals surface area contributed by atoms with Gasteiger partial charge < -0.3 is 39.5 Å². The monoisotopic (exact) mass is 735 g/mol. The SMILES string of the molecule is CCOC(=O)c1cc(C)[nH]c1/C=C1\C(=O)Nc2cnc(-c3cn(C(=O)OC(C)(C)C)nc3CN(CCNC(=O)OC(C)(C)C)C(=O)OC(C)(C)C)cc21. The molecule has 3 aromatic heterocycles. The van der Waals surface area contributed by atoms with Gasteiger partial charge in [-0.25, -0.2) is 19.2 Å². The molecule has 0 fully saturated rings. The van der Waals surface area contributed by atoms with Gasteiger partial charge in [0, 0.05) is 36.1 Å². The Bertz CT molecular complexity index is 1920. The maximum atomic E-state index is 13.5. The number of pyridine rings is 1. The fraction of sp³-hybridized carbons (Fsp3) is 0.486. The zero-order chi connectivity index (χ0) is 39.5. The third-order valence-electron chi connectivity index (χ3n) is 7.14. The highest BCUT2D eigenvalue weighted by Gasteiger charge is 2.30. The molecule has 1 aliphatic rings. The summed E-state index contributed by atoms with van der Waals surface area (Å²) in [6.07, 6.45) is 2.35. The molecule has 0 radical (unpaired) electrons. The summed E-state index contributed by atoms with van der Waals surface area (Å²) in [5.41, 5.74) is 1.04. The topological polar surface area (TPSA) is 196 Å². The van der Waals surface area contributed by atoms with E-state index >= 15 is 0 Å². The van der Waals surface area contributed by atoms with E-state index in [1.54, 1.807) is 94.4 Å². The van der Waals surface area contributed by atoms with Crippen molar-refractivity contribution in [2.45, 2.75) is 99.5 Å². The molecule has 3 aromatic rings. The summed E-state index contributed by atoms with van der Waals surface area (Å²) >= 11 is 0. The minimum atomic E-state index is -0.846. The van der Waals surface area contributed by atoms with Gasteiger partial charge in [-0.2, -0.15) is 9.78 Å². The predicted molar refractivity (Wildman–Crippen MR) is 196 cm³/mol. The number of aromatic amines is 1. The van der Waals surface area contributed by atoms with E-state index < -0.39 is 47.0 Å². The van der Waals surface area contributed by atoms with E-state index in [1.165, 1.54) is 17.3 Å². The second-order valence-corrected chi connectivity index (χ2v) is 15.4. The first-order chi connectivity index (χ1) is 24.5. The van der Waals surface area contributed by atoms with Gasteiger partial charge in [0.2, 0.25) is 0 Å². The molecule has 0 atom stereocenters. The molecular weight excluding hydrogens is 686 g/mol. The quantitative estimate of drug-likeness (QED) is 0.127. The number of anilines is 1. The van der Waals surface area contributed by atoms with Gasteiger partial charge in [0.05, 0.1) is 53.3 Å². The second-order valence-electron chi connectivity index (χ2n) is 15.4. The number of carbonyl (C=O) groups excluding carboxylic acids is 5. The number of alkyl carbamates (subject to hydrolysis) is 1. The number of hydrogen-bond acceptors (Lipinski definition) is 11. The number of H-pyrrole nitrogens is 1. The van der Waals surface area contributed by atoms with Crippen molar-refractivity contribution in [2.75, 3.05) is 25.0 Å². The van der Waals surface area contributed by atoms with E-state index in [9.17, 15) is 24.0 Å². The lowest BCUT2D eigenvalue weighted by Crippen LogP contribution is -2.42. The van der Waals surface area contributed by atoms with Gasteiger partial charge in [-0.3, -0.25) is 9.78 Å². The average Bonchev–Trinajstić information content (AvgIpc) is 3.69. The van der Waals surface area contributed by atoms with Crippen molar-refractivity contribution in [3.63, 3.8) is 0 Å². The number of rotatable bonds is 9. The van der Waals surface area contributed by atoms with Crippen molar-refractivity contribution in [1.82, 2.24) is 30.0 Å². The summed E-state index contributed by atoms with van der Waals surface area (Å²) in [6, 6.07) is 3.30. The number of nitrogens with zero attached hydrogens (tertiary/aromatic N) is 4. The molecule has 0 bridgehead atoms. The lowest BCUT2D eigenvalue weighted by Gasteiger charge is -2.27. The van der Waals surface area contributed by atoms with Crippen LogP contribution in [-0.2, 0) is 30.3 Å². The Morgan fingerprint density at radius 1 is 0.943 bits per heavy atom. The van der Waals surface area contributed by atoms with Crippen molar-refractivity contribution in [2.24, 2.45) is 0 Å². The number of fused-ring (bicyclic) bond motifs is 1. The van der Waals surface area contributed by atoms with Crippen LogP contribution in [-0.4, -0.2) is 91.3 Å². The first kappa shape index (κ1) is 40.1. The molecule has 0 saturated heterocycles. The maximum Gasteiger partial charge on any atom is 0.435 e. The van der Waals surface area contributed by atoms with Crippen LogP contribution in [0.3, 0.4) is 0 Å². The van der Waals surface area contributed by atoms with Gasteiger partial charge in [0.25, 0.3) is 5.91 Å². The van der Waals surface area contributed by atoms with Crippen LogP contribution < -0.4 is 10.6 Å². The number of aromatic nitrogens is 4. The first-order valence-electron chi connectivity index (χ1n) is 17.2. The minimum absolute atomic E-state index is 0.00577. The number of amides is 3. The van der Waals surface area contributed by atoms with Gasteiger partial charge in [-0.15, -0.1) is 0 Å². The maximum absolute atomic E-state index is 13.5. The first-order valence-corrected chi connectivity index (χ1v) is 17.2. The highest BCUT2D eigenvalue weighted by molar-refractivity contribution is 6.35. The molecule has 286 valence electrons. The van der Waals surface area contributed by atoms with Crippen LogP contribution in [0.1, 0.15) is 102 Å². The summed E-state index contributed by atoms with van der Waals surface area (Å²) < 4.78 is 22.8. The molecule has 0 unspecified atom stereocenters. The molecule has 4 rings (SSSR count). The Balaban J connectivity index is 1.77. The fourth-order valence-corrected chi connectivity index (χ4v) is 5.12. The zero-order valence-electron chi connectivity index (χ0n) is 32.2. The molecular formula is C37H49N7O9. The number of carbonyl (C=O) groups is 5. The van der Waals surface area contributed by atoms with Crippen molar-refractivity contribution in [3.8, 4) is 11.3 Å². The van der Waals surface area contributed by atoms with Crippen LogP contribution in [0.4, 0.5) is 20.1 Å². The second kappa shape index (κ2) is 15.5. The number of ether oxygens (including phenoxy) is 4. The lowest BCUT2D eigenvalue weighted by molar-refractivity contribution is -0.110. The highest BCUT2D eigenvalue weighted by Crippen LogP contribution is 2.36. The van der Waals surface area contributed by atoms with Crippen LogP contribution in [0.25, 0.3) is 22.9 Å². The summed E-state index contributed by atoms with van der Waals surface area (Å²) in [7, 11) is 0. The van der Waals surface area contributed by atoms with Gasteiger partial charge >= 0.3 is 24.2 Å². The molecule has 0 aliphatic carbocycles. The molecule has 53 heavy (non-hydrogen) atoms. The van der Waals surface area contributed by atoms with Gasteiger partial charge in [0.1, 0.15) is 16.8 Å². The number of aryl methyl sites for hydroxylation is 1. The Labute approximate surface area is 308 Å². The molecule has 0 saturated carbocycles. The summed E-state index contributed by atoms with van der Waals surface area (Å²) in [5, 5.41) is 9.96. The third kappa shape index (κ3) is 10.9. The van der Waals surface area contributed by atoms with E-state index in [-0.39, 0.29) is 43.1 Å². The Morgan fingerprint density at radius 3 is 2.23 bits per heavy atom. The molecule has 3 N–H and O–H groups in total. The molecule has 4 heterocycles. The third-order valence-corrected chi connectivity index (χ3v) is 7.14. The largest absolute Gasteiger partial charge is 0.462 e. The predicted octanol–water partition coefficient (Wildman–Crippen LogP) is 6.30. The van der Waals surface area contributed by atoms with Crippen LogP contribution in [0.15, 0.2) is 24.5 Å². The molecule has 16 nitrogen and oxygen atoms in total. The average molecular weight is 736 g/mol.